The molecule has 0 radical (unpaired) electrons. The number of benzene rings is 1. The molecule has 6 heteroatoms. The predicted octanol–water partition coefficient (Wildman–Crippen LogP) is 2.10. The molecule has 0 unspecified atom stereocenters. The van der Waals surface area contributed by atoms with Gasteiger partial charge in [0.25, 0.3) is 0 Å². The minimum atomic E-state index is 0.513. The summed E-state index contributed by atoms with van der Waals surface area (Å²) in [5, 5.41) is 3.44. The van der Waals surface area contributed by atoms with Crippen LogP contribution in [0.4, 0.5) is 0 Å². The summed E-state index contributed by atoms with van der Waals surface area (Å²) in [6, 6.07) is 6.00. The van der Waals surface area contributed by atoms with Gasteiger partial charge in [0, 0.05) is 32.6 Å². The molecular formula is C17H25N3O3. The van der Waals surface area contributed by atoms with Crippen LogP contribution in [-0.4, -0.2) is 43.5 Å². The largest absolute Gasteiger partial charge is 0.493 e. The van der Waals surface area contributed by atoms with Crippen molar-refractivity contribution in [2.75, 3.05) is 34.0 Å². The first-order chi connectivity index (χ1) is 11.3. The summed E-state index contributed by atoms with van der Waals surface area (Å²) in [4.78, 5) is 4.03. The van der Waals surface area contributed by atoms with E-state index in [9.17, 15) is 0 Å². The van der Waals surface area contributed by atoms with E-state index in [0.717, 1.165) is 37.6 Å². The van der Waals surface area contributed by atoms with E-state index >= 15 is 0 Å². The zero-order valence-corrected chi connectivity index (χ0v) is 13.8. The minimum absolute atomic E-state index is 0.513. The standard InChI is InChI=1S/C17H25N3O3/c1-21-10-11-23-16-5-4-15(12-17(16)22-2)13-18-6-3-8-20-9-7-19-14-20/h4-5,7,9,12,14,18H,3,6,8,10-11,13H2,1-2H3. The van der Waals surface area contributed by atoms with E-state index in [1.807, 2.05) is 30.7 Å². The molecular weight excluding hydrogens is 294 g/mol. The van der Waals surface area contributed by atoms with E-state index in [2.05, 4.69) is 14.9 Å². The molecule has 2 rings (SSSR count). The second kappa shape index (κ2) is 9.86. The van der Waals surface area contributed by atoms with Crippen molar-refractivity contribution in [3.8, 4) is 11.5 Å². The smallest absolute Gasteiger partial charge is 0.161 e. The lowest BCUT2D eigenvalue weighted by atomic mass is 10.2. The van der Waals surface area contributed by atoms with Gasteiger partial charge in [0.2, 0.25) is 0 Å². The van der Waals surface area contributed by atoms with Crippen LogP contribution >= 0.6 is 0 Å². The Morgan fingerprint density at radius 2 is 2.09 bits per heavy atom. The SMILES string of the molecule is COCCOc1ccc(CNCCCn2ccnc2)cc1OC. The van der Waals surface area contributed by atoms with Crippen molar-refractivity contribution in [3.63, 3.8) is 0 Å². The van der Waals surface area contributed by atoms with E-state index in [1.165, 1.54) is 5.56 Å². The molecule has 1 aromatic carbocycles. The number of hydrogen-bond acceptors (Lipinski definition) is 5. The summed E-state index contributed by atoms with van der Waals surface area (Å²) in [5.74, 6) is 1.49. The van der Waals surface area contributed by atoms with Crippen molar-refractivity contribution in [1.29, 1.82) is 0 Å². The van der Waals surface area contributed by atoms with Gasteiger partial charge < -0.3 is 24.1 Å². The fraction of sp³-hybridized carbons (Fsp3) is 0.471. The number of ether oxygens (including phenoxy) is 3. The second-order valence-electron chi connectivity index (χ2n) is 5.16. The molecule has 0 aliphatic heterocycles. The van der Waals surface area contributed by atoms with E-state index in [0.29, 0.717) is 13.2 Å². The summed E-state index contributed by atoms with van der Waals surface area (Å²) in [6.07, 6.45) is 6.68. The molecule has 2 aromatic rings. The van der Waals surface area contributed by atoms with Crippen LogP contribution in [0.5, 0.6) is 11.5 Å². The van der Waals surface area contributed by atoms with Gasteiger partial charge in [0.05, 0.1) is 20.0 Å². The lowest BCUT2D eigenvalue weighted by Gasteiger charge is -2.12. The van der Waals surface area contributed by atoms with Gasteiger partial charge in [0.1, 0.15) is 6.61 Å². The average molecular weight is 319 g/mol. The molecule has 23 heavy (non-hydrogen) atoms. The van der Waals surface area contributed by atoms with Crippen LogP contribution in [0.25, 0.3) is 0 Å². The molecule has 0 aliphatic rings. The van der Waals surface area contributed by atoms with E-state index in [4.69, 9.17) is 14.2 Å². The molecule has 0 amide bonds. The maximum absolute atomic E-state index is 5.63. The molecule has 126 valence electrons. The van der Waals surface area contributed by atoms with Crippen LogP contribution in [0.1, 0.15) is 12.0 Å². The number of aromatic nitrogens is 2. The summed E-state index contributed by atoms with van der Waals surface area (Å²) in [6.45, 7) is 3.80. The van der Waals surface area contributed by atoms with Crippen molar-refractivity contribution < 1.29 is 14.2 Å². The third kappa shape index (κ3) is 5.92. The number of imidazole rings is 1. The lowest BCUT2D eigenvalue weighted by Crippen LogP contribution is -2.16. The van der Waals surface area contributed by atoms with E-state index in [1.54, 1.807) is 20.4 Å². The van der Waals surface area contributed by atoms with Crippen molar-refractivity contribution in [1.82, 2.24) is 14.9 Å². The Bertz CT molecular complexity index is 558. The molecule has 0 saturated heterocycles. The zero-order chi connectivity index (χ0) is 16.3. The van der Waals surface area contributed by atoms with Gasteiger partial charge in [-0.05, 0) is 30.7 Å². The number of nitrogens with zero attached hydrogens (tertiary/aromatic N) is 2. The summed E-state index contributed by atoms with van der Waals surface area (Å²) in [5.41, 5.74) is 1.17. The van der Waals surface area contributed by atoms with Gasteiger partial charge in [0.15, 0.2) is 11.5 Å². The van der Waals surface area contributed by atoms with Crippen molar-refractivity contribution in [3.05, 3.63) is 42.5 Å². The predicted molar refractivity (Wildman–Crippen MR) is 88.9 cm³/mol. The maximum atomic E-state index is 5.63. The zero-order valence-electron chi connectivity index (χ0n) is 13.8. The van der Waals surface area contributed by atoms with Crippen LogP contribution in [0, 0.1) is 0 Å². The molecule has 0 fully saturated rings. The maximum Gasteiger partial charge on any atom is 0.161 e. The Morgan fingerprint density at radius 3 is 2.83 bits per heavy atom. The molecule has 6 nitrogen and oxygen atoms in total. The van der Waals surface area contributed by atoms with Gasteiger partial charge in [-0.1, -0.05) is 6.07 Å². The Hall–Kier alpha value is -2.05. The van der Waals surface area contributed by atoms with Crippen LogP contribution in [0.15, 0.2) is 36.9 Å². The van der Waals surface area contributed by atoms with Gasteiger partial charge in [-0.3, -0.25) is 0 Å². The normalized spacial score (nSPS) is 10.7. The average Bonchev–Trinajstić information content (AvgIpc) is 3.09. The van der Waals surface area contributed by atoms with Crippen LogP contribution in [-0.2, 0) is 17.8 Å². The first-order valence-electron chi connectivity index (χ1n) is 7.78. The number of hydrogen-bond donors (Lipinski definition) is 1. The van der Waals surface area contributed by atoms with Gasteiger partial charge in [-0.2, -0.15) is 0 Å². The fourth-order valence-electron chi connectivity index (χ4n) is 2.21. The van der Waals surface area contributed by atoms with Crippen LogP contribution in [0.2, 0.25) is 0 Å². The lowest BCUT2D eigenvalue weighted by molar-refractivity contribution is 0.144. The Kier molecular flexibility index (Phi) is 7.42. The molecule has 1 aromatic heterocycles. The third-order valence-corrected chi connectivity index (χ3v) is 3.43. The summed E-state index contributed by atoms with van der Waals surface area (Å²) >= 11 is 0. The number of methoxy groups -OCH3 is 2. The van der Waals surface area contributed by atoms with E-state index in [-0.39, 0.29) is 0 Å². The van der Waals surface area contributed by atoms with E-state index < -0.39 is 0 Å². The number of rotatable bonds is 11. The first kappa shape index (κ1) is 17.3. The molecule has 1 heterocycles. The van der Waals surface area contributed by atoms with Crippen LogP contribution in [0.3, 0.4) is 0 Å². The molecule has 1 N–H and O–H groups in total. The number of aryl methyl sites for hydroxylation is 1. The molecule has 0 spiro atoms. The molecule has 0 bridgehead atoms. The van der Waals surface area contributed by atoms with Crippen molar-refractivity contribution >= 4 is 0 Å². The van der Waals surface area contributed by atoms with Gasteiger partial charge in [-0.25, -0.2) is 4.98 Å². The third-order valence-electron chi connectivity index (χ3n) is 3.43. The van der Waals surface area contributed by atoms with Crippen molar-refractivity contribution in [2.45, 2.75) is 19.5 Å². The highest BCUT2D eigenvalue weighted by Crippen LogP contribution is 2.27. The fourth-order valence-corrected chi connectivity index (χ4v) is 2.21. The highest BCUT2D eigenvalue weighted by molar-refractivity contribution is 5.42. The molecule has 0 atom stereocenters. The summed E-state index contributed by atoms with van der Waals surface area (Å²) < 4.78 is 18.1. The quantitative estimate of drug-likeness (QED) is 0.643. The highest BCUT2D eigenvalue weighted by Gasteiger charge is 2.05. The summed E-state index contributed by atoms with van der Waals surface area (Å²) in [7, 11) is 3.31. The van der Waals surface area contributed by atoms with Gasteiger partial charge in [-0.15, -0.1) is 0 Å². The van der Waals surface area contributed by atoms with Crippen molar-refractivity contribution in [2.24, 2.45) is 0 Å². The highest BCUT2D eigenvalue weighted by atomic mass is 16.5. The Labute approximate surface area is 137 Å². The topological polar surface area (TPSA) is 57.5 Å². The Morgan fingerprint density at radius 1 is 1.17 bits per heavy atom. The minimum Gasteiger partial charge on any atom is -0.493 e. The monoisotopic (exact) mass is 319 g/mol. The Balaban J connectivity index is 1.74. The molecule has 0 saturated carbocycles. The molecule has 0 aliphatic carbocycles. The second-order valence-corrected chi connectivity index (χ2v) is 5.16. The first-order valence-corrected chi connectivity index (χ1v) is 7.78. The van der Waals surface area contributed by atoms with Crippen LogP contribution < -0.4 is 14.8 Å². The number of nitrogens with one attached hydrogen (secondary N) is 1. The van der Waals surface area contributed by atoms with Gasteiger partial charge >= 0.3 is 0 Å².